The van der Waals surface area contributed by atoms with Crippen molar-refractivity contribution in [3.05, 3.63) is 29.0 Å². The molecule has 6 heteroatoms. The number of aryl methyl sites for hydroxylation is 1. The third-order valence-electron chi connectivity index (χ3n) is 4.46. The molecule has 1 amide bonds. The molecule has 2 aliphatic rings. The average Bonchev–Trinajstić information content (AvgIpc) is 3.00. The Morgan fingerprint density at radius 3 is 2.96 bits per heavy atom. The highest BCUT2D eigenvalue weighted by atomic mass is 32.1. The first-order valence-electron chi connectivity index (χ1n) is 8.12. The van der Waals surface area contributed by atoms with Gasteiger partial charge in [-0.25, -0.2) is 4.98 Å². The largest absolute Gasteiger partial charge is 0.462 e. The van der Waals surface area contributed by atoms with E-state index in [0.29, 0.717) is 17.7 Å². The molecule has 23 heavy (non-hydrogen) atoms. The van der Waals surface area contributed by atoms with Gasteiger partial charge in [-0.15, -0.1) is 11.3 Å². The summed E-state index contributed by atoms with van der Waals surface area (Å²) in [4.78, 5) is 20.6. The number of rotatable bonds is 5. The van der Waals surface area contributed by atoms with Crippen LogP contribution < -0.4 is 0 Å². The zero-order valence-electron chi connectivity index (χ0n) is 13.2. The van der Waals surface area contributed by atoms with E-state index in [4.69, 9.17) is 9.15 Å². The van der Waals surface area contributed by atoms with Crippen LogP contribution in [0.1, 0.15) is 34.6 Å². The van der Waals surface area contributed by atoms with Crippen molar-refractivity contribution >= 4 is 17.2 Å². The van der Waals surface area contributed by atoms with Crippen molar-refractivity contribution in [1.29, 1.82) is 0 Å². The number of hydrogen-bond acceptors (Lipinski definition) is 5. The van der Waals surface area contributed by atoms with Crippen molar-refractivity contribution in [3.63, 3.8) is 0 Å². The van der Waals surface area contributed by atoms with Gasteiger partial charge in [-0.05, 0) is 38.3 Å². The van der Waals surface area contributed by atoms with E-state index in [0.717, 1.165) is 54.7 Å². The molecule has 2 aromatic rings. The first kappa shape index (κ1) is 14.9. The van der Waals surface area contributed by atoms with Gasteiger partial charge in [-0.3, -0.25) is 4.79 Å². The van der Waals surface area contributed by atoms with Crippen LogP contribution in [-0.4, -0.2) is 41.6 Å². The average molecular weight is 332 g/mol. The fourth-order valence-electron chi connectivity index (χ4n) is 3.03. The second kappa shape index (κ2) is 6.09. The molecule has 0 radical (unpaired) electrons. The van der Waals surface area contributed by atoms with Crippen molar-refractivity contribution < 1.29 is 13.9 Å². The zero-order valence-corrected chi connectivity index (χ0v) is 14.0. The van der Waals surface area contributed by atoms with Crippen molar-refractivity contribution in [3.8, 4) is 10.8 Å². The minimum Gasteiger partial charge on any atom is -0.462 e. The topological polar surface area (TPSA) is 55.6 Å². The summed E-state index contributed by atoms with van der Waals surface area (Å²) in [5, 5.41) is 0.774. The molecule has 5 nitrogen and oxygen atoms in total. The Morgan fingerprint density at radius 1 is 1.43 bits per heavy atom. The van der Waals surface area contributed by atoms with Crippen LogP contribution in [0.5, 0.6) is 0 Å². The molecule has 0 bridgehead atoms. The van der Waals surface area contributed by atoms with Gasteiger partial charge < -0.3 is 14.1 Å². The summed E-state index contributed by atoms with van der Waals surface area (Å²) in [7, 11) is 0. The highest BCUT2D eigenvalue weighted by Gasteiger charge is 2.36. The van der Waals surface area contributed by atoms with Crippen LogP contribution in [0, 0.1) is 12.8 Å². The van der Waals surface area contributed by atoms with E-state index in [-0.39, 0.29) is 5.91 Å². The Bertz CT molecular complexity index is 685. The third kappa shape index (κ3) is 3.05. The first-order valence-corrected chi connectivity index (χ1v) is 8.94. The molecule has 1 atom stereocenters. The molecule has 0 N–H and O–H groups in total. The van der Waals surface area contributed by atoms with Crippen LogP contribution in [0.3, 0.4) is 0 Å². The second-order valence-corrected chi connectivity index (χ2v) is 7.52. The van der Waals surface area contributed by atoms with E-state index in [2.05, 4.69) is 4.98 Å². The van der Waals surface area contributed by atoms with Crippen molar-refractivity contribution in [2.75, 3.05) is 19.8 Å². The monoisotopic (exact) mass is 332 g/mol. The van der Waals surface area contributed by atoms with Gasteiger partial charge in [0.1, 0.15) is 5.69 Å². The van der Waals surface area contributed by atoms with E-state index in [1.807, 2.05) is 24.0 Å². The molecule has 1 saturated carbocycles. The van der Waals surface area contributed by atoms with Crippen LogP contribution in [-0.2, 0) is 4.74 Å². The van der Waals surface area contributed by atoms with Crippen LogP contribution in [0.25, 0.3) is 10.8 Å². The van der Waals surface area contributed by atoms with Gasteiger partial charge in [0.15, 0.2) is 10.8 Å². The van der Waals surface area contributed by atoms with Crippen LogP contribution in [0.2, 0.25) is 0 Å². The lowest BCUT2D eigenvalue weighted by atomic mass is 10.1. The number of aromatic nitrogens is 1. The Morgan fingerprint density at radius 2 is 2.30 bits per heavy atom. The lowest BCUT2D eigenvalue weighted by Gasteiger charge is -2.24. The minimum absolute atomic E-state index is 0.0611. The smallest absolute Gasteiger partial charge is 0.273 e. The highest BCUT2D eigenvalue weighted by Crippen LogP contribution is 2.33. The zero-order chi connectivity index (χ0) is 15.8. The highest BCUT2D eigenvalue weighted by molar-refractivity contribution is 7.15. The number of thiazole rings is 1. The fraction of sp³-hybridized carbons (Fsp3) is 0.529. The van der Waals surface area contributed by atoms with Gasteiger partial charge in [-0.2, -0.15) is 0 Å². The number of carbonyl (C=O) groups excluding carboxylic acids is 1. The number of hydrogen-bond donors (Lipinski definition) is 0. The molecule has 0 spiro atoms. The molecule has 2 fully saturated rings. The third-order valence-corrected chi connectivity index (χ3v) is 5.44. The molecular weight excluding hydrogens is 312 g/mol. The fourth-order valence-corrected chi connectivity index (χ4v) is 3.90. The van der Waals surface area contributed by atoms with E-state index in [1.54, 1.807) is 6.26 Å². The van der Waals surface area contributed by atoms with E-state index >= 15 is 0 Å². The molecule has 3 heterocycles. The summed E-state index contributed by atoms with van der Waals surface area (Å²) in [6, 6.07) is 4.10. The van der Waals surface area contributed by atoms with Gasteiger partial charge in [-0.1, -0.05) is 0 Å². The number of furan rings is 1. The second-order valence-electron chi connectivity index (χ2n) is 6.32. The molecule has 1 aliphatic heterocycles. The maximum atomic E-state index is 13.0. The number of carbonyl (C=O) groups is 1. The van der Waals surface area contributed by atoms with Crippen LogP contribution >= 0.6 is 11.3 Å². The summed E-state index contributed by atoms with van der Waals surface area (Å²) in [5.74, 6) is 1.24. The van der Waals surface area contributed by atoms with Gasteiger partial charge in [0.2, 0.25) is 0 Å². The number of nitrogens with zero attached hydrogens (tertiary/aromatic N) is 2. The van der Waals surface area contributed by atoms with E-state index < -0.39 is 0 Å². The van der Waals surface area contributed by atoms with Crippen molar-refractivity contribution in [2.24, 2.45) is 5.92 Å². The summed E-state index contributed by atoms with van der Waals surface area (Å²) in [5.41, 5.74) is 0.576. The van der Waals surface area contributed by atoms with Crippen molar-refractivity contribution in [2.45, 2.75) is 32.2 Å². The Hall–Kier alpha value is -1.66. The molecular formula is C17H20N2O3S. The number of ether oxygens (including phenoxy) is 1. The lowest BCUT2D eigenvalue weighted by molar-refractivity contribution is 0.0700. The molecule has 122 valence electrons. The summed E-state index contributed by atoms with van der Waals surface area (Å²) >= 11 is 1.52. The van der Waals surface area contributed by atoms with Gasteiger partial charge in [0.25, 0.3) is 5.91 Å². The van der Waals surface area contributed by atoms with E-state index in [9.17, 15) is 4.79 Å². The Kier molecular flexibility index (Phi) is 3.95. The standard InChI is InChI=1S/C17H20N2O3S/c1-11-15(18-16(23-11)14-3-2-7-22-14)17(20)19(13-4-5-13)9-12-6-8-21-10-12/h2-3,7,12-13H,4-6,8-10H2,1H3. The predicted molar refractivity (Wildman–Crippen MR) is 87.5 cm³/mol. The predicted octanol–water partition coefficient (Wildman–Crippen LogP) is 3.35. The maximum Gasteiger partial charge on any atom is 0.273 e. The lowest BCUT2D eigenvalue weighted by Crippen LogP contribution is -2.38. The SMILES string of the molecule is Cc1sc(-c2ccco2)nc1C(=O)N(CC1CCOC1)C1CC1. The van der Waals surface area contributed by atoms with Gasteiger partial charge in [0, 0.05) is 30.0 Å². The molecule has 1 saturated heterocycles. The summed E-state index contributed by atoms with van der Waals surface area (Å²) in [6.07, 6.45) is 4.88. The normalized spacial score (nSPS) is 20.8. The Balaban J connectivity index is 1.56. The van der Waals surface area contributed by atoms with Crippen molar-refractivity contribution in [1.82, 2.24) is 9.88 Å². The molecule has 2 aromatic heterocycles. The summed E-state index contributed by atoms with van der Waals surface area (Å²) < 4.78 is 10.9. The van der Waals surface area contributed by atoms with Crippen LogP contribution in [0.4, 0.5) is 0 Å². The number of amides is 1. The quantitative estimate of drug-likeness (QED) is 0.842. The first-order chi connectivity index (χ1) is 11.2. The minimum atomic E-state index is 0.0611. The Labute approximate surface area is 139 Å². The van der Waals surface area contributed by atoms with Gasteiger partial charge in [0.05, 0.1) is 12.9 Å². The molecule has 4 rings (SSSR count). The van der Waals surface area contributed by atoms with Gasteiger partial charge >= 0.3 is 0 Å². The van der Waals surface area contributed by atoms with Crippen LogP contribution in [0.15, 0.2) is 22.8 Å². The molecule has 1 aliphatic carbocycles. The molecule has 0 aromatic carbocycles. The summed E-state index contributed by atoms with van der Waals surface area (Å²) in [6.45, 7) is 4.33. The molecule has 1 unspecified atom stereocenters. The van der Waals surface area contributed by atoms with E-state index in [1.165, 1.54) is 11.3 Å². The maximum absolute atomic E-state index is 13.0.